The molecular formula is C18H27ClF2N4. The summed E-state index contributed by atoms with van der Waals surface area (Å²) in [6, 6.07) is 8.16. The summed E-state index contributed by atoms with van der Waals surface area (Å²) >= 11 is 6.16. The van der Waals surface area contributed by atoms with Crippen LogP contribution in [0, 0.1) is 0 Å². The lowest BCUT2D eigenvalue weighted by molar-refractivity contribution is 0.0744. The molecule has 140 valence electrons. The molecule has 2 N–H and O–H groups in total. The predicted molar refractivity (Wildman–Crippen MR) is 99.7 cm³/mol. The summed E-state index contributed by atoms with van der Waals surface area (Å²) in [5, 5.41) is 7.51. The fraction of sp³-hybridized carbons (Fsp3) is 0.611. The van der Waals surface area contributed by atoms with E-state index in [9.17, 15) is 8.78 Å². The van der Waals surface area contributed by atoms with Crippen LogP contribution >= 0.6 is 11.6 Å². The summed E-state index contributed by atoms with van der Waals surface area (Å²) in [4.78, 5) is 6.07. The highest BCUT2D eigenvalue weighted by Crippen LogP contribution is 2.16. The normalized spacial score (nSPS) is 17.1. The van der Waals surface area contributed by atoms with Crippen LogP contribution in [0.3, 0.4) is 0 Å². The second kappa shape index (κ2) is 10.6. The molecule has 1 saturated heterocycles. The van der Waals surface area contributed by atoms with Gasteiger partial charge in [0.15, 0.2) is 5.96 Å². The zero-order valence-electron chi connectivity index (χ0n) is 14.6. The first-order valence-corrected chi connectivity index (χ1v) is 9.17. The quantitative estimate of drug-likeness (QED) is 0.439. The van der Waals surface area contributed by atoms with E-state index in [0.29, 0.717) is 13.1 Å². The van der Waals surface area contributed by atoms with Crippen molar-refractivity contribution in [2.45, 2.75) is 38.2 Å². The molecule has 0 radical (unpaired) electrons. The lowest BCUT2D eigenvalue weighted by Gasteiger charge is -2.32. The first kappa shape index (κ1) is 19.9. The van der Waals surface area contributed by atoms with Crippen LogP contribution in [0.2, 0.25) is 5.02 Å². The van der Waals surface area contributed by atoms with E-state index >= 15 is 0 Å². The maximum Gasteiger partial charge on any atom is 0.251 e. The van der Waals surface area contributed by atoms with Crippen LogP contribution in [0.1, 0.15) is 24.8 Å². The van der Waals surface area contributed by atoms with Crippen LogP contribution in [-0.2, 0) is 6.42 Å². The number of hydrogen-bond acceptors (Lipinski definition) is 2. The van der Waals surface area contributed by atoms with Crippen LogP contribution in [0.5, 0.6) is 0 Å². The Morgan fingerprint density at radius 1 is 1.32 bits per heavy atom. The lowest BCUT2D eigenvalue weighted by atomic mass is 10.1. The number of guanidine groups is 1. The molecule has 4 nitrogen and oxygen atoms in total. The van der Waals surface area contributed by atoms with E-state index in [-0.39, 0.29) is 12.6 Å². The van der Waals surface area contributed by atoms with Crippen LogP contribution in [-0.4, -0.2) is 56.6 Å². The zero-order valence-corrected chi connectivity index (χ0v) is 15.4. The van der Waals surface area contributed by atoms with Gasteiger partial charge in [-0.2, -0.15) is 0 Å². The molecule has 0 aromatic heterocycles. The second-order valence-electron chi connectivity index (χ2n) is 6.30. The molecule has 0 bridgehead atoms. The third-order valence-electron chi connectivity index (χ3n) is 4.42. The van der Waals surface area contributed by atoms with Gasteiger partial charge in [0.05, 0.1) is 6.54 Å². The maximum absolute atomic E-state index is 12.4. The lowest BCUT2D eigenvalue weighted by Crippen LogP contribution is -2.49. The number of halogens is 3. The Morgan fingerprint density at radius 2 is 2.04 bits per heavy atom. The van der Waals surface area contributed by atoms with Crippen molar-refractivity contribution < 1.29 is 8.78 Å². The van der Waals surface area contributed by atoms with Crippen LogP contribution in [0.25, 0.3) is 0 Å². The molecule has 2 rings (SSSR count). The summed E-state index contributed by atoms with van der Waals surface area (Å²) in [7, 11) is 1.75. The van der Waals surface area contributed by atoms with E-state index < -0.39 is 6.43 Å². The third kappa shape index (κ3) is 7.16. The molecule has 0 saturated carbocycles. The molecular weight excluding hydrogens is 346 g/mol. The Morgan fingerprint density at radius 3 is 2.68 bits per heavy atom. The summed E-state index contributed by atoms with van der Waals surface area (Å²) < 4.78 is 24.8. The summed E-state index contributed by atoms with van der Waals surface area (Å²) in [5.41, 5.74) is 1.15. The number of rotatable bonds is 7. The first-order valence-electron chi connectivity index (χ1n) is 8.79. The van der Waals surface area contributed by atoms with Crippen molar-refractivity contribution in [2.24, 2.45) is 4.99 Å². The average Bonchev–Trinajstić information content (AvgIpc) is 2.60. The van der Waals surface area contributed by atoms with Crippen LogP contribution in [0.4, 0.5) is 8.78 Å². The Kier molecular flexibility index (Phi) is 8.41. The zero-order chi connectivity index (χ0) is 18.1. The first-order chi connectivity index (χ1) is 12.1. The van der Waals surface area contributed by atoms with Gasteiger partial charge in [0.1, 0.15) is 0 Å². The Hall–Kier alpha value is -1.40. The SMILES string of the molecule is CN=C(NCCCc1ccccc1Cl)NC1CCN(CC(F)F)CC1. The Bertz CT molecular complexity index is 546. The molecule has 0 aliphatic carbocycles. The topological polar surface area (TPSA) is 39.7 Å². The summed E-state index contributed by atoms with van der Waals surface area (Å²) in [6.45, 7) is 2.08. The predicted octanol–water partition coefficient (Wildman–Crippen LogP) is 3.17. The van der Waals surface area contributed by atoms with Crippen molar-refractivity contribution in [1.29, 1.82) is 0 Å². The summed E-state index contributed by atoms with van der Waals surface area (Å²) in [5.74, 6) is 0.770. The highest BCUT2D eigenvalue weighted by molar-refractivity contribution is 6.31. The van der Waals surface area contributed by atoms with Gasteiger partial charge >= 0.3 is 0 Å². The molecule has 1 aromatic carbocycles. The molecule has 25 heavy (non-hydrogen) atoms. The van der Waals surface area contributed by atoms with E-state index in [1.165, 1.54) is 0 Å². The van der Waals surface area contributed by atoms with E-state index in [1.807, 2.05) is 29.2 Å². The van der Waals surface area contributed by atoms with Gasteiger partial charge in [0.25, 0.3) is 6.43 Å². The van der Waals surface area contributed by atoms with E-state index in [0.717, 1.165) is 48.8 Å². The van der Waals surface area contributed by atoms with Crippen molar-refractivity contribution in [2.75, 3.05) is 33.2 Å². The minimum Gasteiger partial charge on any atom is -0.356 e. The summed E-state index contributed by atoms with van der Waals surface area (Å²) in [6.07, 6.45) is 1.32. The maximum atomic E-state index is 12.4. The molecule has 1 aliphatic rings. The number of nitrogens with one attached hydrogen (secondary N) is 2. The number of hydrogen-bond donors (Lipinski definition) is 2. The van der Waals surface area contributed by atoms with Crippen molar-refractivity contribution in [3.8, 4) is 0 Å². The Balaban J connectivity index is 1.65. The number of likely N-dealkylation sites (tertiary alicyclic amines) is 1. The molecule has 1 fully saturated rings. The number of benzene rings is 1. The molecule has 0 unspecified atom stereocenters. The van der Waals surface area contributed by atoms with Gasteiger partial charge in [0, 0.05) is 37.7 Å². The van der Waals surface area contributed by atoms with Gasteiger partial charge in [-0.1, -0.05) is 29.8 Å². The fourth-order valence-corrected chi connectivity index (χ4v) is 3.26. The van der Waals surface area contributed by atoms with Gasteiger partial charge < -0.3 is 10.6 Å². The van der Waals surface area contributed by atoms with E-state index in [1.54, 1.807) is 7.05 Å². The fourth-order valence-electron chi connectivity index (χ4n) is 3.03. The minimum atomic E-state index is -2.25. The number of piperidine rings is 1. The minimum absolute atomic E-state index is 0.123. The molecule has 0 spiro atoms. The van der Waals surface area contributed by atoms with Gasteiger partial charge in [-0.05, 0) is 37.3 Å². The molecule has 1 heterocycles. The highest BCUT2D eigenvalue weighted by Gasteiger charge is 2.21. The second-order valence-corrected chi connectivity index (χ2v) is 6.71. The molecule has 7 heteroatoms. The van der Waals surface area contributed by atoms with Gasteiger partial charge in [-0.15, -0.1) is 0 Å². The van der Waals surface area contributed by atoms with Crippen LogP contribution in [0.15, 0.2) is 29.3 Å². The molecule has 0 atom stereocenters. The van der Waals surface area contributed by atoms with Crippen molar-refractivity contribution in [1.82, 2.24) is 15.5 Å². The van der Waals surface area contributed by atoms with Gasteiger partial charge in [0.2, 0.25) is 0 Å². The van der Waals surface area contributed by atoms with E-state index in [4.69, 9.17) is 11.6 Å². The Labute approximate surface area is 153 Å². The smallest absolute Gasteiger partial charge is 0.251 e. The van der Waals surface area contributed by atoms with Gasteiger partial charge in [-0.3, -0.25) is 9.89 Å². The number of aliphatic imine (C=N–C) groups is 1. The average molecular weight is 373 g/mol. The number of aryl methyl sites for hydroxylation is 1. The molecule has 1 aromatic rings. The van der Waals surface area contributed by atoms with E-state index in [2.05, 4.69) is 15.6 Å². The molecule has 1 aliphatic heterocycles. The standard InChI is InChI=1S/C18H27ClF2N4/c1-22-18(23-10-4-6-14-5-2-3-7-16(14)19)24-15-8-11-25(12-9-15)13-17(20)21/h2-3,5,7,15,17H,4,6,8-13H2,1H3,(H2,22,23,24). The monoisotopic (exact) mass is 372 g/mol. The van der Waals surface area contributed by atoms with Crippen LogP contribution < -0.4 is 10.6 Å². The number of alkyl halides is 2. The molecule has 0 amide bonds. The third-order valence-corrected chi connectivity index (χ3v) is 4.79. The van der Waals surface area contributed by atoms with Crippen molar-refractivity contribution >= 4 is 17.6 Å². The highest BCUT2D eigenvalue weighted by atomic mass is 35.5. The van der Waals surface area contributed by atoms with Gasteiger partial charge in [-0.25, -0.2) is 8.78 Å². The largest absolute Gasteiger partial charge is 0.356 e. The number of nitrogens with zero attached hydrogens (tertiary/aromatic N) is 2. The van der Waals surface area contributed by atoms with Crippen molar-refractivity contribution in [3.05, 3.63) is 34.9 Å². The van der Waals surface area contributed by atoms with Crippen molar-refractivity contribution in [3.63, 3.8) is 0 Å².